The minimum Gasteiger partial charge on any atom is -0.371 e. The Hall–Kier alpha value is -4.20. The highest BCUT2D eigenvalue weighted by Crippen LogP contribution is 2.41. The molecule has 0 spiro atoms. The first-order chi connectivity index (χ1) is 19.4. The van der Waals surface area contributed by atoms with Gasteiger partial charge in [0.05, 0.1) is 23.2 Å². The van der Waals surface area contributed by atoms with Crippen LogP contribution in [0.25, 0.3) is 16.8 Å². The molecule has 2 fully saturated rings. The molecule has 4 heterocycles. The van der Waals surface area contributed by atoms with Crippen molar-refractivity contribution in [3.8, 4) is 11.3 Å². The van der Waals surface area contributed by atoms with E-state index < -0.39 is 0 Å². The molecular formula is C32H32FN5O2. The Kier molecular flexibility index (Phi) is 5.87. The molecule has 0 bridgehead atoms. The van der Waals surface area contributed by atoms with Crippen molar-refractivity contribution in [2.24, 2.45) is 11.7 Å². The Morgan fingerprint density at radius 1 is 1.00 bits per heavy atom. The minimum atomic E-state index is -0.367. The number of fused-ring (bicyclic) bond motifs is 2. The number of aromatic nitrogens is 2. The van der Waals surface area contributed by atoms with Crippen molar-refractivity contribution in [2.45, 2.75) is 44.6 Å². The second kappa shape index (κ2) is 9.47. The summed E-state index contributed by atoms with van der Waals surface area (Å²) in [6.45, 7) is 3.95. The summed E-state index contributed by atoms with van der Waals surface area (Å²) in [5.74, 6) is -0.518. The molecule has 2 amide bonds. The fourth-order valence-corrected chi connectivity index (χ4v) is 6.40. The van der Waals surface area contributed by atoms with E-state index >= 15 is 4.39 Å². The molecule has 7 nitrogen and oxygen atoms in total. The van der Waals surface area contributed by atoms with Gasteiger partial charge in [-0.2, -0.15) is 5.10 Å². The van der Waals surface area contributed by atoms with Crippen LogP contribution in [0.15, 0.2) is 60.7 Å². The van der Waals surface area contributed by atoms with Crippen LogP contribution in [0, 0.1) is 11.7 Å². The number of hydrogen-bond acceptors (Lipinski definition) is 4. The Morgan fingerprint density at radius 3 is 2.58 bits per heavy atom. The van der Waals surface area contributed by atoms with Crippen molar-refractivity contribution in [3.05, 3.63) is 88.9 Å². The molecule has 0 radical (unpaired) electrons. The molecule has 2 atom stereocenters. The monoisotopic (exact) mass is 537 g/mol. The molecule has 8 heteroatoms. The lowest BCUT2D eigenvalue weighted by Gasteiger charge is -2.35. The van der Waals surface area contributed by atoms with Gasteiger partial charge in [-0.3, -0.25) is 9.59 Å². The van der Waals surface area contributed by atoms with Crippen LogP contribution in [0.1, 0.15) is 65.3 Å². The molecule has 40 heavy (non-hydrogen) atoms. The first kappa shape index (κ1) is 24.8. The van der Waals surface area contributed by atoms with Crippen molar-refractivity contribution < 1.29 is 14.0 Å². The summed E-state index contributed by atoms with van der Waals surface area (Å²) in [6, 6.07) is 19.2. The summed E-state index contributed by atoms with van der Waals surface area (Å²) in [4.78, 5) is 29.3. The van der Waals surface area contributed by atoms with Crippen molar-refractivity contribution >= 4 is 23.0 Å². The molecule has 2 aliphatic heterocycles. The van der Waals surface area contributed by atoms with Crippen LogP contribution in [0.3, 0.4) is 0 Å². The van der Waals surface area contributed by atoms with Gasteiger partial charge in [0.2, 0.25) is 5.91 Å². The van der Waals surface area contributed by atoms with Crippen LogP contribution in [0.4, 0.5) is 10.1 Å². The van der Waals surface area contributed by atoms with E-state index in [0.717, 1.165) is 36.2 Å². The summed E-state index contributed by atoms with van der Waals surface area (Å²) in [5.41, 5.74) is 12.1. The minimum absolute atomic E-state index is 0.00000682. The molecule has 7 rings (SSSR count). The number of pyridine rings is 1. The number of carbonyl (C=O) groups is 2. The largest absolute Gasteiger partial charge is 0.371 e. The number of rotatable bonds is 5. The van der Waals surface area contributed by atoms with Crippen LogP contribution in [-0.2, 0) is 11.2 Å². The van der Waals surface area contributed by atoms with E-state index in [1.165, 1.54) is 17.2 Å². The van der Waals surface area contributed by atoms with Crippen molar-refractivity contribution in [3.63, 3.8) is 0 Å². The topological polar surface area (TPSA) is 83.9 Å². The van der Waals surface area contributed by atoms with Gasteiger partial charge in [-0.1, -0.05) is 24.3 Å². The third-order valence-corrected chi connectivity index (χ3v) is 8.87. The van der Waals surface area contributed by atoms with Gasteiger partial charge in [0, 0.05) is 48.1 Å². The zero-order chi connectivity index (χ0) is 27.5. The van der Waals surface area contributed by atoms with E-state index in [4.69, 9.17) is 10.8 Å². The van der Waals surface area contributed by atoms with Crippen LogP contribution < -0.4 is 10.6 Å². The lowest BCUT2D eigenvalue weighted by molar-refractivity contribution is -0.121. The van der Waals surface area contributed by atoms with E-state index in [1.54, 1.807) is 6.07 Å². The summed E-state index contributed by atoms with van der Waals surface area (Å²) in [7, 11) is 0. The smallest absolute Gasteiger partial charge is 0.254 e. The Balaban J connectivity index is 1.21. The number of hydrogen-bond donors (Lipinski definition) is 1. The van der Waals surface area contributed by atoms with Gasteiger partial charge < -0.3 is 15.5 Å². The van der Waals surface area contributed by atoms with E-state index in [0.29, 0.717) is 48.8 Å². The number of anilines is 1. The fraction of sp³-hybridized carbons (Fsp3) is 0.344. The molecule has 2 N–H and O–H groups in total. The number of benzene rings is 2. The predicted molar refractivity (Wildman–Crippen MR) is 152 cm³/mol. The number of carbonyl (C=O) groups excluding carboxylic acids is 2. The maximum atomic E-state index is 15.4. The summed E-state index contributed by atoms with van der Waals surface area (Å²) in [5, 5.41) is 4.80. The third kappa shape index (κ3) is 4.22. The molecule has 0 unspecified atom stereocenters. The lowest BCUT2D eigenvalue weighted by atomic mass is 9.93. The van der Waals surface area contributed by atoms with E-state index in [-0.39, 0.29) is 29.6 Å². The molecule has 1 saturated heterocycles. The Labute approximate surface area is 232 Å². The highest BCUT2D eigenvalue weighted by Gasteiger charge is 2.32. The Morgan fingerprint density at radius 2 is 1.82 bits per heavy atom. The normalized spacial score (nSPS) is 20.6. The first-order valence-corrected chi connectivity index (χ1v) is 14.1. The second-order valence-corrected chi connectivity index (χ2v) is 11.4. The number of nitrogens with two attached hydrogens (primary N) is 1. The number of amides is 2. The van der Waals surface area contributed by atoms with Crippen LogP contribution in [-0.4, -0.2) is 46.0 Å². The maximum absolute atomic E-state index is 15.4. The molecule has 4 aromatic rings. The van der Waals surface area contributed by atoms with Crippen LogP contribution in [0.2, 0.25) is 0 Å². The quantitative estimate of drug-likeness (QED) is 0.385. The van der Waals surface area contributed by atoms with Crippen molar-refractivity contribution in [2.75, 3.05) is 24.5 Å². The Bertz CT molecular complexity index is 1660. The molecular weight excluding hydrogens is 505 g/mol. The SMILES string of the molecule is C[C@@H]1c2ccccc2CCN1C(=O)c1cc(C2CC2)n2nc(-c3ccc(N4CC[C@H](C(N)=O)C4)cc3F)cc2c1. The van der Waals surface area contributed by atoms with Gasteiger partial charge in [0.25, 0.3) is 5.91 Å². The summed E-state index contributed by atoms with van der Waals surface area (Å²) >= 11 is 0. The lowest BCUT2D eigenvalue weighted by Crippen LogP contribution is -2.38. The standard InChI is InChI=1S/C32H32FN5O2/c1-19-26-5-3-2-4-20(26)11-13-37(19)32(40)23-14-25-17-29(35-38(25)30(15-23)21-6-7-21)27-9-8-24(16-28(27)33)36-12-10-22(18-36)31(34)39/h2-5,8-9,14-17,19,21-22H,6-7,10-13,18H2,1H3,(H2,34,39)/t19-,22+/m1/s1. The average molecular weight is 538 g/mol. The first-order valence-electron chi connectivity index (χ1n) is 14.1. The van der Waals surface area contributed by atoms with E-state index in [1.807, 2.05) is 44.6 Å². The van der Waals surface area contributed by atoms with Gasteiger partial charge in [0.1, 0.15) is 5.82 Å². The summed E-state index contributed by atoms with van der Waals surface area (Å²) < 4.78 is 17.3. The molecule has 1 aliphatic carbocycles. The molecule has 204 valence electrons. The molecule has 3 aliphatic rings. The van der Waals surface area contributed by atoms with Gasteiger partial charge in [0.15, 0.2) is 0 Å². The molecule has 2 aromatic carbocycles. The number of halogens is 1. The van der Waals surface area contributed by atoms with Crippen LogP contribution >= 0.6 is 0 Å². The van der Waals surface area contributed by atoms with E-state index in [9.17, 15) is 9.59 Å². The average Bonchev–Trinajstić information content (AvgIpc) is 3.51. The third-order valence-electron chi connectivity index (χ3n) is 8.87. The molecule has 1 saturated carbocycles. The maximum Gasteiger partial charge on any atom is 0.254 e. The number of primary amides is 1. The summed E-state index contributed by atoms with van der Waals surface area (Å²) in [6.07, 6.45) is 3.64. The zero-order valence-corrected chi connectivity index (χ0v) is 22.5. The van der Waals surface area contributed by atoms with Crippen molar-refractivity contribution in [1.82, 2.24) is 14.5 Å². The van der Waals surface area contributed by atoms with Crippen molar-refractivity contribution in [1.29, 1.82) is 0 Å². The van der Waals surface area contributed by atoms with Crippen LogP contribution in [0.5, 0.6) is 0 Å². The zero-order valence-electron chi connectivity index (χ0n) is 22.5. The van der Waals surface area contributed by atoms with Gasteiger partial charge in [-0.25, -0.2) is 8.91 Å². The van der Waals surface area contributed by atoms with Gasteiger partial charge in [-0.15, -0.1) is 0 Å². The van der Waals surface area contributed by atoms with Gasteiger partial charge in [-0.05, 0) is 80.1 Å². The fourth-order valence-electron chi connectivity index (χ4n) is 6.40. The second-order valence-electron chi connectivity index (χ2n) is 11.4. The molecule has 2 aromatic heterocycles. The number of nitrogens with zero attached hydrogens (tertiary/aromatic N) is 4. The predicted octanol–water partition coefficient (Wildman–Crippen LogP) is 5.09. The highest BCUT2D eigenvalue weighted by molar-refractivity contribution is 5.96. The van der Waals surface area contributed by atoms with Gasteiger partial charge >= 0.3 is 0 Å². The van der Waals surface area contributed by atoms with E-state index in [2.05, 4.69) is 25.1 Å². The highest BCUT2D eigenvalue weighted by atomic mass is 19.1.